The fraction of sp³-hybridized carbons (Fsp3) is 0.125. The summed E-state index contributed by atoms with van der Waals surface area (Å²) >= 11 is 5.80. The van der Waals surface area contributed by atoms with E-state index >= 15 is 0 Å². The first kappa shape index (κ1) is 15.1. The largest absolute Gasteiger partial charge is 0.478 e. The molecule has 0 atom stereocenters. The predicted molar refractivity (Wildman–Crippen MR) is 82.3 cm³/mol. The Morgan fingerprint density at radius 3 is 2.29 bits per heavy atom. The van der Waals surface area contributed by atoms with Gasteiger partial charge in [0.15, 0.2) is 0 Å². The Balaban J connectivity index is 2.32. The molecule has 2 rings (SSSR count). The number of hydrogen-bond donors (Lipinski definition) is 2. The topological polar surface area (TPSA) is 66.4 Å². The highest BCUT2D eigenvalue weighted by Crippen LogP contribution is 2.22. The number of amides is 1. The van der Waals surface area contributed by atoms with Crippen molar-refractivity contribution in [3.05, 3.63) is 63.7 Å². The Kier molecular flexibility index (Phi) is 4.29. The molecule has 0 aromatic heterocycles. The van der Waals surface area contributed by atoms with Gasteiger partial charge in [-0.15, -0.1) is 0 Å². The van der Waals surface area contributed by atoms with Gasteiger partial charge in [0.1, 0.15) is 0 Å². The van der Waals surface area contributed by atoms with E-state index in [-0.39, 0.29) is 16.5 Å². The maximum atomic E-state index is 12.3. The summed E-state index contributed by atoms with van der Waals surface area (Å²) < 4.78 is 0. The van der Waals surface area contributed by atoms with Crippen LogP contribution in [0, 0.1) is 13.8 Å². The molecule has 0 aliphatic carbocycles. The summed E-state index contributed by atoms with van der Waals surface area (Å²) in [5.74, 6) is -1.41. The normalized spacial score (nSPS) is 10.2. The second kappa shape index (κ2) is 5.97. The van der Waals surface area contributed by atoms with Crippen LogP contribution < -0.4 is 5.32 Å². The molecule has 0 unspecified atom stereocenters. The number of halogens is 1. The third-order valence-corrected chi connectivity index (χ3v) is 3.49. The Hall–Kier alpha value is -2.33. The molecule has 2 aromatic carbocycles. The van der Waals surface area contributed by atoms with Gasteiger partial charge in [0.05, 0.1) is 10.6 Å². The number of carboxylic acids is 1. The van der Waals surface area contributed by atoms with Gasteiger partial charge in [-0.1, -0.05) is 29.8 Å². The van der Waals surface area contributed by atoms with Gasteiger partial charge in [0.25, 0.3) is 5.91 Å². The van der Waals surface area contributed by atoms with Crippen LogP contribution in [0.5, 0.6) is 0 Å². The maximum absolute atomic E-state index is 12.3. The predicted octanol–water partition coefficient (Wildman–Crippen LogP) is 3.91. The first-order chi connectivity index (χ1) is 9.90. The molecule has 1 amide bonds. The van der Waals surface area contributed by atoms with E-state index in [4.69, 9.17) is 16.7 Å². The van der Waals surface area contributed by atoms with Crippen molar-refractivity contribution in [3.63, 3.8) is 0 Å². The molecule has 0 saturated heterocycles. The van der Waals surface area contributed by atoms with Crippen LogP contribution in [0.4, 0.5) is 5.69 Å². The van der Waals surface area contributed by atoms with Crippen LogP contribution in [0.25, 0.3) is 0 Å². The fourth-order valence-electron chi connectivity index (χ4n) is 2.13. The molecule has 0 radical (unpaired) electrons. The third kappa shape index (κ3) is 3.23. The van der Waals surface area contributed by atoms with E-state index in [9.17, 15) is 9.59 Å². The van der Waals surface area contributed by atoms with Gasteiger partial charge in [-0.3, -0.25) is 4.79 Å². The summed E-state index contributed by atoms with van der Waals surface area (Å²) in [5.41, 5.74) is 2.66. The van der Waals surface area contributed by atoms with Gasteiger partial charge in [0, 0.05) is 11.3 Å². The highest BCUT2D eigenvalue weighted by Gasteiger charge is 2.14. The van der Waals surface area contributed by atoms with E-state index in [1.807, 2.05) is 32.0 Å². The average molecular weight is 304 g/mol. The summed E-state index contributed by atoms with van der Waals surface area (Å²) in [6.45, 7) is 3.71. The van der Waals surface area contributed by atoms with Gasteiger partial charge < -0.3 is 10.4 Å². The summed E-state index contributed by atoms with van der Waals surface area (Å²) in [4.78, 5) is 23.4. The lowest BCUT2D eigenvalue weighted by molar-refractivity contribution is 0.0696. The van der Waals surface area contributed by atoms with Crippen molar-refractivity contribution in [1.82, 2.24) is 0 Å². The minimum Gasteiger partial charge on any atom is -0.478 e. The molecule has 5 heteroatoms. The quantitative estimate of drug-likeness (QED) is 0.903. The van der Waals surface area contributed by atoms with Crippen LogP contribution >= 0.6 is 11.6 Å². The first-order valence-electron chi connectivity index (χ1n) is 6.30. The lowest BCUT2D eigenvalue weighted by Crippen LogP contribution is -2.15. The summed E-state index contributed by atoms with van der Waals surface area (Å²) in [7, 11) is 0. The van der Waals surface area contributed by atoms with E-state index in [0.29, 0.717) is 11.3 Å². The number of aryl methyl sites for hydroxylation is 2. The van der Waals surface area contributed by atoms with Crippen molar-refractivity contribution in [2.24, 2.45) is 0 Å². The molecular formula is C16H14ClNO3. The second-order valence-electron chi connectivity index (χ2n) is 4.72. The Morgan fingerprint density at radius 2 is 1.71 bits per heavy atom. The van der Waals surface area contributed by atoms with Gasteiger partial charge in [-0.05, 0) is 43.2 Å². The number of rotatable bonds is 3. The van der Waals surface area contributed by atoms with Crippen LogP contribution in [0.15, 0.2) is 36.4 Å². The zero-order valence-corrected chi connectivity index (χ0v) is 12.4. The summed E-state index contributed by atoms with van der Waals surface area (Å²) in [5, 5.41) is 11.9. The van der Waals surface area contributed by atoms with E-state index in [1.165, 1.54) is 12.1 Å². The summed E-state index contributed by atoms with van der Waals surface area (Å²) in [6.07, 6.45) is 0. The molecule has 4 nitrogen and oxygen atoms in total. The molecule has 21 heavy (non-hydrogen) atoms. The number of benzene rings is 2. The second-order valence-corrected chi connectivity index (χ2v) is 5.13. The van der Waals surface area contributed by atoms with E-state index in [1.54, 1.807) is 6.07 Å². The minimum absolute atomic E-state index is 0.0454. The van der Waals surface area contributed by atoms with Crippen molar-refractivity contribution < 1.29 is 14.7 Å². The van der Waals surface area contributed by atoms with Crippen LogP contribution in [0.2, 0.25) is 5.02 Å². The standard InChI is InChI=1S/C16H14ClNO3/c1-9-4-3-5-10(2)14(9)15(19)18-11-6-7-13(17)12(8-11)16(20)21/h3-8H,1-2H3,(H,18,19)(H,20,21). The van der Waals surface area contributed by atoms with Gasteiger partial charge in [-0.25, -0.2) is 4.79 Å². The van der Waals surface area contributed by atoms with Crippen molar-refractivity contribution in [1.29, 1.82) is 0 Å². The molecule has 0 aliphatic heterocycles. The van der Waals surface area contributed by atoms with Gasteiger partial charge in [-0.2, -0.15) is 0 Å². The van der Waals surface area contributed by atoms with Crippen molar-refractivity contribution in [3.8, 4) is 0 Å². The smallest absolute Gasteiger partial charge is 0.337 e. The zero-order chi connectivity index (χ0) is 15.6. The molecule has 0 fully saturated rings. The van der Waals surface area contributed by atoms with E-state index < -0.39 is 5.97 Å². The Morgan fingerprint density at radius 1 is 1.10 bits per heavy atom. The number of carboxylic acid groups (broad SMARTS) is 1. The van der Waals surface area contributed by atoms with Crippen LogP contribution in [0.1, 0.15) is 31.8 Å². The molecule has 0 spiro atoms. The van der Waals surface area contributed by atoms with Gasteiger partial charge >= 0.3 is 5.97 Å². The number of carbonyl (C=O) groups is 2. The molecule has 108 valence electrons. The average Bonchev–Trinajstić information content (AvgIpc) is 2.40. The van der Waals surface area contributed by atoms with Crippen LogP contribution in [-0.2, 0) is 0 Å². The zero-order valence-electron chi connectivity index (χ0n) is 11.6. The number of carbonyl (C=O) groups excluding carboxylic acids is 1. The van der Waals surface area contributed by atoms with Crippen molar-refractivity contribution in [2.75, 3.05) is 5.32 Å². The SMILES string of the molecule is Cc1cccc(C)c1C(=O)Nc1ccc(Cl)c(C(=O)O)c1. The molecule has 2 aromatic rings. The fourth-order valence-corrected chi connectivity index (χ4v) is 2.33. The van der Waals surface area contributed by atoms with Crippen LogP contribution in [-0.4, -0.2) is 17.0 Å². The van der Waals surface area contributed by atoms with Crippen molar-refractivity contribution >= 4 is 29.2 Å². The first-order valence-corrected chi connectivity index (χ1v) is 6.68. The Bertz CT molecular complexity index is 705. The van der Waals surface area contributed by atoms with Crippen molar-refractivity contribution in [2.45, 2.75) is 13.8 Å². The minimum atomic E-state index is -1.14. The Labute approximate surface area is 127 Å². The lowest BCUT2D eigenvalue weighted by Gasteiger charge is -2.11. The molecule has 2 N–H and O–H groups in total. The molecule has 0 saturated carbocycles. The van der Waals surface area contributed by atoms with Crippen LogP contribution in [0.3, 0.4) is 0 Å². The molecule has 0 heterocycles. The molecule has 0 aliphatic rings. The third-order valence-electron chi connectivity index (χ3n) is 3.16. The highest BCUT2D eigenvalue weighted by atomic mass is 35.5. The highest BCUT2D eigenvalue weighted by molar-refractivity contribution is 6.33. The number of nitrogens with one attached hydrogen (secondary N) is 1. The number of anilines is 1. The van der Waals surface area contributed by atoms with E-state index in [0.717, 1.165) is 11.1 Å². The maximum Gasteiger partial charge on any atom is 0.337 e. The molecule has 0 bridgehead atoms. The van der Waals surface area contributed by atoms with E-state index in [2.05, 4.69) is 5.32 Å². The lowest BCUT2D eigenvalue weighted by atomic mass is 10.0. The van der Waals surface area contributed by atoms with Gasteiger partial charge in [0.2, 0.25) is 0 Å². The number of aromatic carboxylic acids is 1. The summed E-state index contributed by atoms with van der Waals surface area (Å²) in [6, 6.07) is 9.95. The molecular weight excluding hydrogens is 290 g/mol. The number of hydrogen-bond acceptors (Lipinski definition) is 2. The monoisotopic (exact) mass is 303 g/mol.